The van der Waals surface area contributed by atoms with Gasteiger partial charge in [-0.3, -0.25) is 0 Å². The van der Waals surface area contributed by atoms with E-state index in [0.29, 0.717) is 0 Å². The van der Waals surface area contributed by atoms with E-state index < -0.39 is 17.6 Å². The Kier molecular flexibility index (Phi) is 4.65. The molecular weight excluding hydrogens is 340 g/mol. The number of halogens is 4. The number of hydrogen-bond donors (Lipinski definition) is 2. The highest BCUT2D eigenvalue weighted by Crippen LogP contribution is 2.34. The number of alkyl halides is 3. The maximum atomic E-state index is 13.8. The Morgan fingerprint density at radius 2 is 1.96 bits per heavy atom. The molecule has 1 aliphatic rings. The second kappa shape index (κ2) is 6.73. The van der Waals surface area contributed by atoms with Crippen LogP contribution in [0.5, 0.6) is 5.75 Å². The van der Waals surface area contributed by atoms with Crippen molar-refractivity contribution in [3.8, 4) is 5.75 Å². The lowest BCUT2D eigenvalue weighted by atomic mass is 9.93. The minimum absolute atomic E-state index is 0.00963. The highest BCUT2D eigenvalue weighted by atomic mass is 19.4. The van der Waals surface area contributed by atoms with Crippen LogP contribution in [0.3, 0.4) is 0 Å². The summed E-state index contributed by atoms with van der Waals surface area (Å²) in [6, 6.07) is 3.33. The first kappa shape index (κ1) is 17.2. The molecule has 0 radical (unpaired) electrons. The Labute approximate surface area is 141 Å². The second-order valence-corrected chi connectivity index (χ2v) is 5.74. The molecule has 0 atom stereocenters. The molecule has 9 heteroatoms. The van der Waals surface area contributed by atoms with Gasteiger partial charge in [0.15, 0.2) is 11.6 Å². The minimum Gasteiger partial charge on any atom is -0.497 e. The van der Waals surface area contributed by atoms with Gasteiger partial charge < -0.3 is 15.4 Å². The maximum Gasteiger partial charge on any atom is 0.416 e. The lowest BCUT2D eigenvalue weighted by Gasteiger charge is -2.27. The molecule has 1 heterocycles. The van der Waals surface area contributed by atoms with Gasteiger partial charge >= 0.3 is 6.18 Å². The van der Waals surface area contributed by atoms with E-state index in [9.17, 15) is 17.6 Å². The number of rotatable bonds is 5. The van der Waals surface area contributed by atoms with Crippen molar-refractivity contribution in [1.82, 2.24) is 9.97 Å². The first-order chi connectivity index (χ1) is 11.8. The van der Waals surface area contributed by atoms with Crippen molar-refractivity contribution in [2.45, 2.75) is 31.5 Å². The lowest BCUT2D eigenvalue weighted by Crippen LogP contribution is -2.28. The van der Waals surface area contributed by atoms with Gasteiger partial charge in [0.05, 0.1) is 18.9 Å². The number of ether oxygens (including phenoxy) is 1. The number of benzene rings is 1. The molecule has 2 N–H and O–H groups in total. The van der Waals surface area contributed by atoms with Gasteiger partial charge in [-0.2, -0.15) is 18.2 Å². The van der Waals surface area contributed by atoms with E-state index in [1.165, 1.54) is 13.2 Å². The largest absolute Gasteiger partial charge is 0.497 e. The van der Waals surface area contributed by atoms with Gasteiger partial charge in [0.1, 0.15) is 5.75 Å². The van der Waals surface area contributed by atoms with Crippen LogP contribution in [0.25, 0.3) is 0 Å². The zero-order valence-electron chi connectivity index (χ0n) is 13.3. The summed E-state index contributed by atoms with van der Waals surface area (Å²) in [6.07, 6.45) is -0.625. The molecule has 25 heavy (non-hydrogen) atoms. The van der Waals surface area contributed by atoms with Crippen LogP contribution in [-0.4, -0.2) is 23.1 Å². The van der Waals surface area contributed by atoms with E-state index >= 15 is 0 Å². The highest BCUT2D eigenvalue weighted by molar-refractivity contribution is 5.59. The summed E-state index contributed by atoms with van der Waals surface area (Å²) in [5, 5.41) is 5.62. The number of nitrogens with one attached hydrogen (secondary N) is 2. The van der Waals surface area contributed by atoms with Crippen LogP contribution in [0.1, 0.15) is 24.8 Å². The Balaban J connectivity index is 1.85. The summed E-state index contributed by atoms with van der Waals surface area (Å²) in [7, 11) is 1.27. The average molecular weight is 356 g/mol. The zero-order chi connectivity index (χ0) is 18.0. The third-order valence-electron chi connectivity index (χ3n) is 3.92. The molecule has 3 rings (SSSR count). The third kappa shape index (κ3) is 4.09. The van der Waals surface area contributed by atoms with E-state index in [0.717, 1.165) is 37.6 Å². The van der Waals surface area contributed by atoms with Crippen LogP contribution in [-0.2, 0) is 6.18 Å². The van der Waals surface area contributed by atoms with Crippen molar-refractivity contribution in [2.24, 2.45) is 0 Å². The van der Waals surface area contributed by atoms with Crippen LogP contribution in [0, 0.1) is 5.82 Å². The number of nitrogens with zero attached hydrogens (tertiary/aromatic N) is 2. The summed E-state index contributed by atoms with van der Waals surface area (Å²) in [4.78, 5) is 7.78. The topological polar surface area (TPSA) is 59.1 Å². The fourth-order valence-corrected chi connectivity index (χ4v) is 2.36. The Bertz CT molecular complexity index is 762. The van der Waals surface area contributed by atoms with Crippen LogP contribution in [0.2, 0.25) is 0 Å². The van der Waals surface area contributed by atoms with Crippen LogP contribution in [0.15, 0.2) is 24.4 Å². The van der Waals surface area contributed by atoms with Gasteiger partial charge in [-0.05, 0) is 31.4 Å². The predicted octanol–water partition coefficient (Wildman–Crippen LogP) is 4.35. The quantitative estimate of drug-likeness (QED) is 0.780. The summed E-state index contributed by atoms with van der Waals surface area (Å²) in [5.74, 6) is -0.558. The Morgan fingerprint density at radius 1 is 1.20 bits per heavy atom. The summed E-state index contributed by atoms with van der Waals surface area (Å²) >= 11 is 0. The van der Waals surface area contributed by atoms with Crippen molar-refractivity contribution in [1.29, 1.82) is 0 Å². The summed E-state index contributed by atoms with van der Waals surface area (Å²) < 4.78 is 57.5. The molecule has 5 nitrogen and oxygen atoms in total. The maximum absolute atomic E-state index is 13.8. The Hall–Kier alpha value is -2.58. The first-order valence-electron chi connectivity index (χ1n) is 7.67. The molecular formula is C16H16F4N4O. The number of hydrogen-bond acceptors (Lipinski definition) is 5. The average Bonchev–Trinajstić information content (AvgIpc) is 2.52. The zero-order valence-corrected chi connectivity index (χ0v) is 13.3. The number of methoxy groups -OCH3 is 1. The van der Waals surface area contributed by atoms with Crippen molar-refractivity contribution < 1.29 is 22.3 Å². The van der Waals surface area contributed by atoms with E-state index in [-0.39, 0.29) is 29.2 Å². The molecule has 1 aliphatic carbocycles. The molecule has 0 bridgehead atoms. The molecule has 0 saturated heterocycles. The van der Waals surface area contributed by atoms with E-state index in [1.807, 2.05) is 0 Å². The van der Waals surface area contributed by atoms with Gasteiger partial charge in [0.25, 0.3) is 0 Å². The molecule has 0 amide bonds. The molecule has 0 spiro atoms. The van der Waals surface area contributed by atoms with E-state index in [1.54, 1.807) is 0 Å². The molecule has 1 fully saturated rings. The van der Waals surface area contributed by atoms with Gasteiger partial charge in [0, 0.05) is 17.8 Å². The number of anilines is 3. The van der Waals surface area contributed by atoms with E-state index in [4.69, 9.17) is 4.74 Å². The molecule has 1 aromatic carbocycles. The van der Waals surface area contributed by atoms with E-state index in [2.05, 4.69) is 20.6 Å². The molecule has 134 valence electrons. The SMILES string of the molecule is COc1cc(Nc2ncc(F)c(NC3CCC3)n2)cc(C(F)(F)F)c1. The van der Waals surface area contributed by atoms with Crippen molar-refractivity contribution in [3.63, 3.8) is 0 Å². The summed E-state index contributed by atoms with van der Waals surface area (Å²) in [5.41, 5.74) is -0.780. The van der Waals surface area contributed by atoms with Crippen molar-refractivity contribution in [3.05, 3.63) is 35.8 Å². The van der Waals surface area contributed by atoms with Crippen LogP contribution < -0.4 is 15.4 Å². The highest BCUT2D eigenvalue weighted by Gasteiger charge is 2.31. The van der Waals surface area contributed by atoms with Gasteiger partial charge in [-0.25, -0.2) is 9.37 Å². The van der Waals surface area contributed by atoms with Gasteiger partial charge in [0.2, 0.25) is 5.95 Å². The standard InChI is InChI=1S/C16H16F4N4O/c1-25-12-6-9(16(18,19)20)5-11(7-12)23-15-21-8-13(17)14(24-15)22-10-3-2-4-10/h5-8,10H,2-4H2,1H3,(H2,21,22,23,24). The van der Waals surface area contributed by atoms with Crippen molar-refractivity contribution >= 4 is 17.5 Å². The molecule has 0 unspecified atom stereocenters. The van der Waals surface area contributed by atoms with Crippen LogP contribution >= 0.6 is 0 Å². The fourth-order valence-electron chi connectivity index (χ4n) is 2.36. The third-order valence-corrected chi connectivity index (χ3v) is 3.92. The molecule has 1 aromatic heterocycles. The monoisotopic (exact) mass is 356 g/mol. The van der Waals surface area contributed by atoms with Crippen molar-refractivity contribution in [2.75, 3.05) is 17.7 Å². The smallest absolute Gasteiger partial charge is 0.416 e. The molecule has 2 aromatic rings. The predicted molar refractivity (Wildman–Crippen MR) is 84.5 cm³/mol. The van der Waals surface area contributed by atoms with Crippen LogP contribution in [0.4, 0.5) is 35.0 Å². The molecule has 1 saturated carbocycles. The van der Waals surface area contributed by atoms with Gasteiger partial charge in [-0.1, -0.05) is 0 Å². The number of aromatic nitrogens is 2. The van der Waals surface area contributed by atoms with Gasteiger partial charge in [-0.15, -0.1) is 0 Å². The Morgan fingerprint density at radius 3 is 2.56 bits per heavy atom. The minimum atomic E-state index is -4.52. The molecule has 0 aliphatic heterocycles. The normalized spacial score (nSPS) is 14.8. The fraction of sp³-hybridized carbons (Fsp3) is 0.375. The second-order valence-electron chi connectivity index (χ2n) is 5.74. The first-order valence-corrected chi connectivity index (χ1v) is 7.67. The summed E-state index contributed by atoms with van der Waals surface area (Å²) in [6.45, 7) is 0. The lowest BCUT2D eigenvalue weighted by molar-refractivity contribution is -0.137.